The zero-order valence-corrected chi connectivity index (χ0v) is 27.6. The van der Waals surface area contributed by atoms with E-state index >= 15 is 0 Å². The number of unbranched alkanes of at least 4 members (excludes halogenated alkanes) is 18. The molecule has 1 amide bonds. The van der Waals surface area contributed by atoms with Gasteiger partial charge in [0.15, 0.2) is 6.54 Å². The van der Waals surface area contributed by atoms with Gasteiger partial charge in [0.05, 0.1) is 33.9 Å². The Bertz CT molecular complexity index is 500. The minimum absolute atomic E-state index is 0.0875. The maximum atomic E-state index is 13.1. The van der Waals surface area contributed by atoms with E-state index in [9.17, 15) is 9.90 Å². The van der Waals surface area contributed by atoms with Crippen LogP contribution in [0.1, 0.15) is 142 Å². The summed E-state index contributed by atoms with van der Waals surface area (Å²) in [5, 5.41) is 9.34. The van der Waals surface area contributed by atoms with Crippen LogP contribution in [0.25, 0.3) is 0 Å². The molecule has 0 aromatic rings. The van der Waals surface area contributed by atoms with Gasteiger partial charge in [-0.2, -0.15) is 0 Å². The predicted octanol–water partition coefficient (Wildman–Crippen LogP) is 7.76. The van der Waals surface area contributed by atoms with Crippen molar-refractivity contribution in [1.82, 2.24) is 4.90 Å². The summed E-state index contributed by atoms with van der Waals surface area (Å²) in [7, 11) is 3.99. The number of aliphatic hydroxyl groups is 1. The summed E-state index contributed by atoms with van der Waals surface area (Å²) in [4.78, 5) is 14.9. The Hall–Kier alpha value is -0.690. The van der Waals surface area contributed by atoms with Gasteiger partial charge in [-0.05, 0) is 12.8 Å². The molecule has 0 saturated carbocycles. The van der Waals surface area contributed by atoms with Crippen LogP contribution < -0.4 is 0 Å². The number of amides is 1. The van der Waals surface area contributed by atoms with Crippen molar-refractivity contribution in [2.24, 2.45) is 0 Å². The molecule has 0 spiro atoms. The Balaban J connectivity index is 4.04. The summed E-state index contributed by atoms with van der Waals surface area (Å²) < 4.78 is 12.3. The zero-order chi connectivity index (χ0) is 29.6. The second kappa shape index (κ2) is 29.8. The van der Waals surface area contributed by atoms with Crippen LogP contribution in [0.2, 0.25) is 0 Å². The molecule has 0 unspecified atom stereocenters. The highest BCUT2D eigenvalue weighted by molar-refractivity contribution is 5.77. The lowest BCUT2D eigenvalue weighted by Gasteiger charge is -2.31. The molecule has 1 N–H and O–H groups in total. The summed E-state index contributed by atoms with van der Waals surface area (Å²) in [5.74, 6) is 0.114. The fourth-order valence-electron chi connectivity index (χ4n) is 5.11. The van der Waals surface area contributed by atoms with Crippen LogP contribution in [0, 0.1) is 0 Å². The summed E-state index contributed by atoms with van der Waals surface area (Å²) in [6, 6.07) is 0. The van der Waals surface area contributed by atoms with Gasteiger partial charge in [0.1, 0.15) is 6.54 Å². The van der Waals surface area contributed by atoms with E-state index in [-0.39, 0.29) is 12.5 Å². The lowest BCUT2D eigenvalue weighted by molar-refractivity contribution is -0.883. The molecule has 40 heavy (non-hydrogen) atoms. The molecule has 0 fully saturated rings. The number of rotatable bonds is 32. The second-order valence-electron chi connectivity index (χ2n) is 12.5. The van der Waals surface area contributed by atoms with Crippen LogP contribution in [0.5, 0.6) is 0 Å². The molecule has 0 aromatic heterocycles. The van der Waals surface area contributed by atoms with Gasteiger partial charge in [-0.3, -0.25) is 4.79 Å². The van der Waals surface area contributed by atoms with Crippen molar-refractivity contribution >= 4 is 5.91 Å². The standard InChI is InChI=1S/C34H71N2O4/c1-5-7-9-11-13-15-17-19-21-23-29-39-31-25-35(34(38)33-36(3,4)27-28-37)26-32-40-30-24-22-20-18-16-14-12-10-8-6-2/h37H,5-33H2,1-4H3/q+1. The average Bonchev–Trinajstić information content (AvgIpc) is 2.92. The maximum absolute atomic E-state index is 13.1. The number of aliphatic hydroxyl groups excluding tert-OH is 1. The Kier molecular flexibility index (Phi) is 29.3. The van der Waals surface area contributed by atoms with Crippen LogP contribution in [0.4, 0.5) is 0 Å². The second-order valence-corrected chi connectivity index (χ2v) is 12.5. The number of ether oxygens (including phenoxy) is 2. The van der Waals surface area contributed by atoms with E-state index in [4.69, 9.17) is 9.47 Å². The molecular formula is C34H71N2O4+. The molecular weight excluding hydrogens is 500 g/mol. The van der Waals surface area contributed by atoms with E-state index in [0.29, 0.717) is 43.9 Å². The Morgan fingerprint density at radius 2 is 0.925 bits per heavy atom. The highest BCUT2D eigenvalue weighted by Gasteiger charge is 2.23. The Labute approximate surface area is 250 Å². The van der Waals surface area contributed by atoms with Crippen molar-refractivity contribution in [2.45, 2.75) is 142 Å². The van der Waals surface area contributed by atoms with Crippen molar-refractivity contribution in [1.29, 1.82) is 0 Å². The number of carbonyl (C=O) groups excluding carboxylic acids is 1. The van der Waals surface area contributed by atoms with Gasteiger partial charge in [0, 0.05) is 26.3 Å². The molecule has 0 bridgehead atoms. The first kappa shape index (κ1) is 39.3. The first-order chi connectivity index (χ1) is 19.5. The monoisotopic (exact) mass is 572 g/mol. The minimum Gasteiger partial charge on any atom is -0.391 e. The van der Waals surface area contributed by atoms with Crippen molar-refractivity contribution in [3.8, 4) is 0 Å². The first-order valence-electron chi connectivity index (χ1n) is 17.3. The van der Waals surface area contributed by atoms with Gasteiger partial charge >= 0.3 is 0 Å². The molecule has 0 aromatic carbocycles. The molecule has 0 radical (unpaired) electrons. The lowest BCUT2D eigenvalue weighted by atomic mass is 10.1. The van der Waals surface area contributed by atoms with Crippen molar-refractivity contribution in [2.75, 3.05) is 73.3 Å². The van der Waals surface area contributed by atoms with Gasteiger partial charge in [-0.25, -0.2) is 0 Å². The maximum Gasteiger partial charge on any atom is 0.277 e. The van der Waals surface area contributed by atoms with E-state index in [2.05, 4.69) is 13.8 Å². The molecule has 6 heteroatoms. The van der Waals surface area contributed by atoms with Crippen molar-refractivity contribution in [3.63, 3.8) is 0 Å². The molecule has 0 aliphatic carbocycles. The Morgan fingerprint density at radius 1 is 0.575 bits per heavy atom. The summed E-state index contributed by atoms with van der Waals surface area (Å²) >= 11 is 0. The average molecular weight is 572 g/mol. The topological polar surface area (TPSA) is 59.0 Å². The summed E-state index contributed by atoms with van der Waals surface area (Å²) in [6.07, 6.45) is 26.5. The van der Waals surface area contributed by atoms with Gasteiger partial charge in [0.25, 0.3) is 5.91 Å². The number of likely N-dealkylation sites (N-methyl/N-ethyl adjacent to an activating group) is 1. The third-order valence-corrected chi connectivity index (χ3v) is 7.92. The number of hydrogen-bond acceptors (Lipinski definition) is 4. The SMILES string of the molecule is CCCCCCCCCCCCOCCN(CCOCCCCCCCCCCCC)C(=O)C[N+](C)(C)CCO. The van der Waals surface area contributed by atoms with E-state index < -0.39 is 0 Å². The summed E-state index contributed by atoms with van der Waals surface area (Å²) in [5.41, 5.74) is 0. The zero-order valence-electron chi connectivity index (χ0n) is 27.6. The molecule has 0 heterocycles. The van der Waals surface area contributed by atoms with Crippen LogP contribution in [-0.4, -0.2) is 93.7 Å². The van der Waals surface area contributed by atoms with E-state index in [1.165, 1.54) is 116 Å². The molecule has 0 rings (SSSR count). The number of carbonyl (C=O) groups is 1. The third-order valence-electron chi connectivity index (χ3n) is 7.92. The van der Waals surface area contributed by atoms with Crippen molar-refractivity contribution < 1.29 is 23.9 Å². The van der Waals surface area contributed by atoms with Crippen LogP contribution in [0.15, 0.2) is 0 Å². The number of hydrogen-bond donors (Lipinski definition) is 1. The van der Waals surface area contributed by atoms with Crippen LogP contribution >= 0.6 is 0 Å². The van der Waals surface area contributed by atoms with Gasteiger partial charge in [-0.15, -0.1) is 0 Å². The first-order valence-corrected chi connectivity index (χ1v) is 17.3. The molecule has 0 aliphatic rings. The van der Waals surface area contributed by atoms with Crippen molar-refractivity contribution in [3.05, 3.63) is 0 Å². The van der Waals surface area contributed by atoms with Crippen LogP contribution in [0.3, 0.4) is 0 Å². The lowest BCUT2D eigenvalue weighted by Crippen LogP contribution is -2.51. The van der Waals surface area contributed by atoms with Gasteiger partial charge < -0.3 is 24.0 Å². The van der Waals surface area contributed by atoms with E-state index in [1.807, 2.05) is 19.0 Å². The Morgan fingerprint density at radius 3 is 1.27 bits per heavy atom. The molecule has 240 valence electrons. The fraction of sp³-hybridized carbons (Fsp3) is 0.971. The number of quaternary nitrogens is 1. The highest BCUT2D eigenvalue weighted by Crippen LogP contribution is 2.12. The molecule has 0 saturated heterocycles. The fourth-order valence-corrected chi connectivity index (χ4v) is 5.11. The van der Waals surface area contributed by atoms with E-state index in [0.717, 1.165) is 26.1 Å². The highest BCUT2D eigenvalue weighted by atomic mass is 16.5. The normalized spacial score (nSPS) is 11.8. The van der Waals surface area contributed by atoms with Crippen LogP contribution in [-0.2, 0) is 14.3 Å². The predicted molar refractivity (Wildman–Crippen MR) is 171 cm³/mol. The molecule has 0 atom stereocenters. The minimum atomic E-state index is 0.0875. The number of nitrogens with zero attached hydrogens (tertiary/aromatic N) is 2. The van der Waals surface area contributed by atoms with E-state index in [1.54, 1.807) is 0 Å². The molecule has 6 nitrogen and oxygen atoms in total. The largest absolute Gasteiger partial charge is 0.391 e. The smallest absolute Gasteiger partial charge is 0.277 e. The van der Waals surface area contributed by atoms with Gasteiger partial charge in [0.2, 0.25) is 0 Å². The quantitative estimate of drug-likeness (QED) is 0.0662. The molecule has 0 aliphatic heterocycles. The van der Waals surface area contributed by atoms with Gasteiger partial charge in [-0.1, -0.05) is 129 Å². The third kappa shape index (κ3) is 27.5. The summed E-state index contributed by atoms with van der Waals surface area (Å²) in [6.45, 7) is 9.52.